The molecular weight excluding hydrogens is 257 g/mol. The minimum absolute atomic E-state index is 0.299. The fraction of sp³-hybridized carbons (Fsp3) is 0.462. The van der Waals surface area contributed by atoms with E-state index in [1.807, 2.05) is 13.8 Å². The number of benzene rings is 1. The van der Waals surface area contributed by atoms with Gasteiger partial charge in [-0.2, -0.15) is 18.4 Å². The Morgan fingerprint density at radius 1 is 1.32 bits per heavy atom. The lowest BCUT2D eigenvalue weighted by Crippen LogP contribution is -2.35. The third kappa shape index (κ3) is 4.14. The molecular formula is C13H15F3N2O. The molecule has 1 aromatic rings. The van der Waals surface area contributed by atoms with Gasteiger partial charge < -0.3 is 10.1 Å². The Balaban J connectivity index is 3.10. The predicted molar refractivity (Wildman–Crippen MR) is 65.7 cm³/mol. The maximum atomic E-state index is 12.8. The van der Waals surface area contributed by atoms with Crippen molar-refractivity contribution in [3.63, 3.8) is 0 Å². The number of anilines is 1. The van der Waals surface area contributed by atoms with Crippen LogP contribution in [0.5, 0.6) is 0 Å². The lowest BCUT2D eigenvalue weighted by atomic mass is 10.0. The topological polar surface area (TPSA) is 45.0 Å². The molecule has 0 unspecified atom stereocenters. The fourth-order valence-corrected chi connectivity index (χ4v) is 1.74. The molecule has 0 heterocycles. The second kappa shape index (κ2) is 5.49. The highest BCUT2D eigenvalue weighted by Gasteiger charge is 2.34. The molecule has 0 aliphatic carbocycles. The largest absolute Gasteiger partial charge is 0.417 e. The van der Waals surface area contributed by atoms with Gasteiger partial charge in [0, 0.05) is 12.8 Å². The van der Waals surface area contributed by atoms with Gasteiger partial charge >= 0.3 is 6.18 Å². The van der Waals surface area contributed by atoms with Gasteiger partial charge in [0.15, 0.2) is 0 Å². The minimum Gasteiger partial charge on any atom is -0.382 e. The quantitative estimate of drug-likeness (QED) is 0.913. The Hall–Kier alpha value is -1.74. The first-order valence-corrected chi connectivity index (χ1v) is 5.58. The summed E-state index contributed by atoms with van der Waals surface area (Å²) >= 11 is 0. The van der Waals surface area contributed by atoms with Crippen molar-refractivity contribution in [2.75, 3.05) is 19.0 Å². The SMILES string of the molecule is COCC(C)(C)Nc1ccc(C#N)c(C(F)(F)F)c1. The van der Waals surface area contributed by atoms with Crippen LogP contribution in [0.3, 0.4) is 0 Å². The number of halogens is 3. The van der Waals surface area contributed by atoms with Gasteiger partial charge in [-0.3, -0.25) is 0 Å². The van der Waals surface area contributed by atoms with Gasteiger partial charge in [-0.25, -0.2) is 0 Å². The van der Waals surface area contributed by atoms with Crippen LogP contribution in [-0.2, 0) is 10.9 Å². The van der Waals surface area contributed by atoms with Crippen molar-refractivity contribution in [1.29, 1.82) is 5.26 Å². The smallest absolute Gasteiger partial charge is 0.382 e. The first-order chi connectivity index (χ1) is 8.69. The second-order valence-corrected chi connectivity index (χ2v) is 4.81. The molecule has 1 rings (SSSR count). The summed E-state index contributed by atoms with van der Waals surface area (Å²) in [6, 6.07) is 5.10. The molecule has 0 radical (unpaired) electrons. The highest BCUT2D eigenvalue weighted by Crippen LogP contribution is 2.34. The molecule has 0 saturated carbocycles. The van der Waals surface area contributed by atoms with E-state index in [-0.39, 0.29) is 5.56 Å². The maximum Gasteiger partial charge on any atom is 0.417 e. The zero-order valence-electron chi connectivity index (χ0n) is 10.9. The first-order valence-electron chi connectivity index (χ1n) is 5.58. The minimum atomic E-state index is -4.55. The van der Waals surface area contributed by atoms with Crippen LogP contribution in [0, 0.1) is 11.3 Å². The van der Waals surface area contributed by atoms with Crippen molar-refractivity contribution in [1.82, 2.24) is 0 Å². The number of nitriles is 1. The first kappa shape index (κ1) is 15.3. The normalized spacial score (nSPS) is 12.1. The second-order valence-electron chi connectivity index (χ2n) is 4.81. The third-order valence-corrected chi connectivity index (χ3v) is 2.43. The number of nitrogens with one attached hydrogen (secondary N) is 1. The zero-order valence-corrected chi connectivity index (χ0v) is 10.9. The molecule has 0 atom stereocenters. The average Bonchev–Trinajstić information content (AvgIpc) is 2.27. The summed E-state index contributed by atoms with van der Waals surface area (Å²) in [5.41, 5.74) is -1.53. The van der Waals surface area contributed by atoms with Gasteiger partial charge in [0.1, 0.15) is 0 Å². The summed E-state index contributed by atoms with van der Waals surface area (Å²) in [6.07, 6.45) is -4.55. The van der Waals surface area contributed by atoms with E-state index in [2.05, 4.69) is 5.32 Å². The standard InChI is InChI=1S/C13H15F3N2O/c1-12(2,8-19-3)18-10-5-4-9(7-17)11(6-10)13(14,15)16/h4-6,18H,8H2,1-3H3. The van der Waals surface area contributed by atoms with E-state index in [0.29, 0.717) is 12.3 Å². The van der Waals surface area contributed by atoms with Crippen molar-refractivity contribution >= 4 is 5.69 Å². The summed E-state index contributed by atoms with van der Waals surface area (Å²) in [5, 5.41) is 11.6. The summed E-state index contributed by atoms with van der Waals surface area (Å²) in [6.45, 7) is 3.96. The van der Waals surface area contributed by atoms with Crippen LogP contribution in [-0.4, -0.2) is 19.3 Å². The molecule has 3 nitrogen and oxygen atoms in total. The number of nitrogens with zero attached hydrogens (tertiary/aromatic N) is 1. The molecule has 0 amide bonds. The van der Waals surface area contributed by atoms with E-state index in [1.54, 1.807) is 6.07 Å². The Kier molecular flexibility index (Phi) is 4.43. The molecule has 6 heteroatoms. The van der Waals surface area contributed by atoms with E-state index in [0.717, 1.165) is 12.1 Å². The van der Waals surface area contributed by atoms with Crippen LogP contribution in [0.2, 0.25) is 0 Å². The van der Waals surface area contributed by atoms with Gasteiger partial charge in [0.2, 0.25) is 0 Å². The van der Waals surface area contributed by atoms with Crippen LogP contribution >= 0.6 is 0 Å². The molecule has 1 aromatic carbocycles. The number of ether oxygens (including phenoxy) is 1. The molecule has 0 aliphatic rings. The van der Waals surface area contributed by atoms with Gasteiger partial charge in [0.05, 0.1) is 29.3 Å². The Morgan fingerprint density at radius 2 is 1.95 bits per heavy atom. The maximum absolute atomic E-state index is 12.8. The van der Waals surface area contributed by atoms with Gasteiger partial charge in [-0.1, -0.05) is 0 Å². The van der Waals surface area contributed by atoms with Crippen molar-refractivity contribution in [2.24, 2.45) is 0 Å². The molecule has 0 spiro atoms. The van der Waals surface area contributed by atoms with Crippen LogP contribution < -0.4 is 5.32 Å². The van der Waals surface area contributed by atoms with E-state index in [4.69, 9.17) is 10.00 Å². The Bertz CT molecular complexity index is 490. The van der Waals surface area contributed by atoms with Gasteiger partial charge in [0.25, 0.3) is 0 Å². The summed E-state index contributed by atoms with van der Waals surface area (Å²) in [7, 11) is 1.52. The van der Waals surface area contributed by atoms with Crippen LogP contribution in [0.25, 0.3) is 0 Å². The molecule has 0 aliphatic heterocycles. The van der Waals surface area contributed by atoms with Crippen molar-refractivity contribution in [2.45, 2.75) is 25.6 Å². The van der Waals surface area contributed by atoms with Crippen molar-refractivity contribution in [3.8, 4) is 6.07 Å². The summed E-state index contributed by atoms with van der Waals surface area (Å²) < 4.78 is 43.4. The number of hydrogen-bond acceptors (Lipinski definition) is 3. The lowest BCUT2D eigenvalue weighted by molar-refractivity contribution is -0.137. The molecule has 0 bridgehead atoms. The number of hydrogen-bond donors (Lipinski definition) is 1. The van der Waals surface area contributed by atoms with Crippen LogP contribution in [0.1, 0.15) is 25.0 Å². The van der Waals surface area contributed by atoms with Gasteiger partial charge in [-0.15, -0.1) is 0 Å². The lowest BCUT2D eigenvalue weighted by Gasteiger charge is -2.27. The van der Waals surface area contributed by atoms with Crippen LogP contribution in [0.4, 0.5) is 18.9 Å². The summed E-state index contributed by atoms with van der Waals surface area (Å²) in [4.78, 5) is 0. The highest BCUT2D eigenvalue weighted by atomic mass is 19.4. The molecule has 0 fully saturated rings. The zero-order chi connectivity index (χ0) is 14.7. The number of alkyl halides is 3. The van der Waals surface area contributed by atoms with E-state index < -0.39 is 17.3 Å². The van der Waals surface area contributed by atoms with E-state index >= 15 is 0 Å². The average molecular weight is 272 g/mol. The molecule has 104 valence electrons. The molecule has 0 saturated heterocycles. The number of rotatable bonds is 4. The molecule has 1 N–H and O–H groups in total. The highest BCUT2D eigenvalue weighted by molar-refractivity contribution is 5.54. The number of methoxy groups -OCH3 is 1. The Labute approximate surface area is 110 Å². The monoisotopic (exact) mass is 272 g/mol. The fourth-order valence-electron chi connectivity index (χ4n) is 1.74. The van der Waals surface area contributed by atoms with Crippen molar-refractivity contribution < 1.29 is 17.9 Å². The third-order valence-electron chi connectivity index (χ3n) is 2.43. The van der Waals surface area contributed by atoms with E-state index in [9.17, 15) is 13.2 Å². The molecule has 0 aromatic heterocycles. The van der Waals surface area contributed by atoms with E-state index in [1.165, 1.54) is 13.2 Å². The van der Waals surface area contributed by atoms with Crippen molar-refractivity contribution in [3.05, 3.63) is 29.3 Å². The Morgan fingerprint density at radius 3 is 2.42 bits per heavy atom. The van der Waals surface area contributed by atoms with Crippen LogP contribution in [0.15, 0.2) is 18.2 Å². The molecule has 19 heavy (non-hydrogen) atoms. The van der Waals surface area contributed by atoms with Gasteiger partial charge in [-0.05, 0) is 32.0 Å². The predicted octanol–water partition coefficient (Wildman–Crippen LogP) is 3.41. The summed E-state index contributed by atoms with van der Waals surface area (Å²) in [5.74, 6) is 0.